The highest BCUT2D eigenvalue weighted by Crippen LogP contribution is 2.45. The summed E-state index contributed by atoms with van der Waals surface area (Å²) in [6, 6.07) is 12.9. The minimum Gasteiger partial charge on any atom is -0.347 e. The Kier molecular flexibility index (Phi) is 6.12. The van der Waals surface area contributed by atoms with E-state index < -0.39 is 6.03 Å². The van der Waals surface area contributed by atoms with Gasteiger partial charge in [0.1, 0.15) is 9.71 Å². The lowest BCUT2D eigenvalue weighted by atomic mass is 10.1. The summed E-state index contributed by atoms with van der Waals surface area (Å²) in [5.41, 5.74) is 2.17. The van der Waals surface area contributed by atoms with Crippen LogP contribution in [0.25, 0.3) is 10.2 Å². The Morgan fingerprint density at radius 1 is 1.21 bits per heavy atom. The third-order valence-corrected chi connectivity index (χ3v) is 7.83. The van der Waals surface area contributed by atoms with E-state index >= 15 is 0 Å². The van der Waals surface area contributed by atoms with Crippen LogP contribution in [-0.2, 0) is 11.3 Å². The summed E-state index contributed by atoms with van der Waals surface area (Å²) in [5.74, 6) is 0.0315. The first-order valence-corrected chi connectivity index (χ1v) is 13.2. The van der Waals surface area contributed by atoms with E-state index in [4.69, 9.17) is 0 Å². The van der Waals surface area contributed by atoms with Crippen molar-refractivity contribution in [2.45, 2.75) is 25.4 Å². The fourth-order valence-electron chi connectivity index (χ4n) is 4.98. The number of nitrogens with zero attached hydrogens (tertiary/aromatic N) is 5. The SMILES string of the molecule is C=CC(=O)N1CCC[C@@H](NC(=O)c2sc3nccc4c3c2NC(=O)N4c2ccn(Cc3ccccc3)n2)C1. The van der Waals surface area contributed by atoms with Gasteiger partial charge in [-0.3, -0.25) is 14.3 Å². The smallest absolute Gasteiger partial charge is 0.332 e. The average Bonchev–Trinajstić information content (AvgIpc) is 3.54. The standard InChI is InChI=1S/C27H25N7O3S/c1-2-21(35)32-13-6-9-18(16-32)29-25(36)24-23-22-19(10-12-28-26(22)38-24)34(27(37)30-23)20-11-14-33(31-20)15-17-7-4-3-5-8-17/h2-5,7-8,10-12,14,18H,1,6,9,13,15-16H2,(H,29,36)(H,30,37)/t18-/m1/s1. The van der Waals surface area contributed by atoms with Gasteiger partial charge in [0.15, 0.2) is 5.82 Å². The molecule has 6 rings (SSSR count). The molecule has 2 aliphatic heterocycles. The highest BCUT2D eigenvalue weighted by Gasteiger charge is 2.34. The molecule has 38 heavy (non-hydrogen) atoms. The average molecular weight is 528 g/mol. The van der Waals surface area contributed by atoms with Gasteiger partial charge in [0.05, 0.1) is 23.3 Å². The van der Waals surface area contributed by atoms with Crippen molar-refractivity contribution in [1.82, 2.24) is 25.0 Å². The second kappa shape index (κ2) is 9.75. The fraction of sp³-hybridized carbons (Fsp3) is 0.222. The molecule has 1 aromatic carbocycles. The number of hydrogen-bond acceptors (Lipinski definition) is 6. The zero-order chi connectivity index (χ0) is 26.2. The summed E-state index contributed by atoms with van der Waals surface area (Å²) in [6.45, 7) is 5.20. The number of rotatable bonds is 6. The first-order valence-electron chi connectivity index (χ1n) is 12.3. The van der Waals surface area contributed by atoms with Gasteiger partial charge >= 0.3 is 6.03 Å². The zero-order valence-corrected chi connectivity index (χ0v) is 21.3. The van der Waals surface area contributed by atoms with Crippen LogP contribution in [0, 0.1) is 0 Å². The highest BCUT2D eigenvalue weighted by molar-refractivity contribution is 7.21. The number of nitrogens with one attached hydrogen (secondary N) is 2. The number of carbonyl (C=O) groups excluding carboxylic acids is 3. The molecule has 2 N–H and O–H groups in total. The molecular weight excluding hydrogens is 502 g/mol. The molecule has 192 valence electrons. The summed E-state index contributed by atoms with van der Waals surface area (Å²) >= 11 is 1.23. The number of hydrogen-bond donors (Lipinski definition) is 2. The summed E-state index contributed by atoms with van der Waals surface area (Å²) < 4.78 is 1.78. The van der Waals surface area contributed by atoms with E-state index in [0.29, 0.717) is 51.9 Å². The summed E-state index contributed by atoms with van der Waals surface area (Å²) in [7, 11) is 0. The molecule has 0 bridgehead atoms. The Labute approximate surface area is 222 Å². The van der Waals surface area contributed by atoms with Crippen LogP contribution >= 0.6 is 11.3 Å². The third kappa shape index (κ3) is 4.30. The van der Waals surface area contributed by atoms with Crippen LogP contribution in [0.3, 0.4) is 0 Å². The minimum absolute atomic E-state index is 0.145. The molecule has 1 atom stereocenters. The van der Waals surface area contributed by atoms with E-state index in [9.17, 15) is 14.4 Å². The number of anilines is 3. The Balaban J connectivity index is 1.28. The molecule has 1 fully saturated rings. The van der Waals surface area contributed by atoms with Crippen molar-refractivity contribution in [3.63, 3.8) is 0 Å². The molecular formula is C27H25N7O3S. The van der Waals surface area contributed by atoms with Gasteiger partial charge in [0, 0.05) is 37.6 Å². The van der Waals surface area contributed by atoms with Crippen molar-refractivity contribution in [2.24, 2.45) is 0 Å². The van der Waals surface area contributed by atoms with Gasteiger partial charge < -0.3 is 15.5 Å². The predicted octanol–water partition coefficient (Wildman–Crippen LogP) is 4.13. The van der Waals surface area contributed by atoms with Crippen LogP contribution in [-0.4, -0.2) is 56.6 Å². The lowest BCUT2D eigenvalue weighted by Crippen LogP contribution is -2.49. The highest BCUT2D eigenvalue weighted by atomic mass is 32.1. The second-order valence-electron chi connectivity index (χ2n) is 9.24. The number of likely N-dealkylation sites (tertiary alicyclic amines) is 1. The van der Waals surface area contributed by atoms with E-state index in [0.717, 1.165) is 18.4 Å². The maximum Gasteiger partial charge on any atom is 0.332 e. The van der Waals surface area contributed by atoms with Gasteiger partial charge in [-0.1, -0.05) is 36.9 Å². The van der Waals surface area contributed by atoms with Crippen LogP contribution in [0.15, 0.2) is 67.5 Å². The molecule has 0 saturated carbocycles. The monoisotopic (exact) mass is 527 g/mol. The van der Waals surface area contributed by atoms with E-state index in [2.05, 4.69) is 27.3 Å². The van der Waals surface area contributed by atoms with Crippen LogP contribution < -0.4 is 15.5 Å². The number of thiophene rings is 1. The Morgan fingerprint density at radius 2 is 2.05 bits per heavy atom. The number of carbonyl (C=O) groups is 3. The zero-order valence-electron chi connectivity index (χ0n) is 20.5. The Bertz CT molecular complexity index is 1560. The van der Waals surface area contributed by atoms with Crippen molar-refractivity contribution < 1.29 is 14.4 Å². The minimum atomic E-state index is -0.400. The van der Waals surface area contributed by atoms with Crippen molar-refractivity contribution in [3.05, 3.63) is 78.0 Å². The van der Waals surface area contributed by atoms with Crippen LogP contribution in [0.4, 0.5) is 22.0 Å². The molecule has 1 saturated heterocycles. The lowest BCUT2D eigenvalue weighted by Gasteiger charge is -2.32. The van der Waals surface area contributed by atoms with Gasteiger partial charge in [-0.15, -0.1) is 11.3 Å². The molecule has 0 unspecified atom stereocenters. The number of urea groups is 1. The Morgan fingerprint density at radius 3 is 2.87 bits per heavy atom. The van der Waals surface area contributed by atoms with Crippen molar-refractivity contribution >= 4 is 56.6 Å². The lowest BCUT2D eigenvalue weighted by molar-refractivity contribution is -0.127. The quantitative estimate of drug-likeness (QED) is 0.366. The first kappa shape index (κ1) is 23.9. The molecule has 10 nitrogen and oxygen atoms in total. The van der Waals surface area contributed by atoms with Gasteiger partial charge in [-0.05, 0) is 30.5 Å². The van der Waals surface area contributed by atoms with E-state index in [1.165, 1.54) is 22.3 Å². The third-order valence-electron chi connectivity index (χ3n) is 6.74. The first-order chi connectivity index (χ1) is 18.5. The molecule has 4 aromatic rings. The van der Waals surface area contributed by atoms with Crippen LogP contribution in [0.1, 0.15) is 28.1 Å². The summed E-state index contributed by atoms with van der Waals surface area (Å²) in [4.78, 5) is 47.4. The van der Waals surface area contributed by atoms with Gasteiger partial charge in [0.2, 0.25) is 5.91 Å². The van der Waals surface area contributed by atoms with Crippen molar-refractivity contribution in [3.8, 4) is 0 Å². The van der Waals surface area contributed by atoms with E-state index in [-0.39, 0.29) is 17.9 Å². The number of aromatic nitrogens is 3. The largest absolute Gasteiger partial charge is 0.347 e. The molecule has 2 aliphatic rings. The van der Waals surface area contributed by atoms with Gasteiger partial charge in [-0.25, -0.2) is 14.7 Å². The molecule has 5 heterocycles. The molecule has 0 aliphatic carbocycles. The summed E-state index contributed by atoms with van der Waals surface area (Å²) in [5, 5.41) is 11.3. The molecule has 4 amide bonds. The fourth-order valence-corrected chi connectivity index (χ4v) is 6.00. The predicted molar refractivity (Wildman–Crippen MR) is 146 cm³/mol. The maximum atomic E-state index is 13.3. The normalized spacial score (nSPS) is 16.8. The van der Waals surface area contributed by atoms with Crippen LogP contribution in [0.5, 0.6) is 0 Å². The maximum absolute atomic E-state index is 13.3. The molecule has 3 aromatic heterocycles. The van der Waals surface area contributed by atoms with Gasteiger partial charge in [-0.2, -0.15) is 5.10 Å². The number of piperidine rings is 1. The topological polar surface area (TPSA) is 112 Å². The van der Waals surface area contributed by atoms with E-state index in [1.54, 1.807) is 27.9 Å². The molecule has 11 heteroatoms. The molecule has 0 radical (unpaired) electrons. The number of amides is 4. The number of pyridine rings is 1. The van der Waals surface area contributed by atoms with Crippen molar-refractivity contribution in [1.29, 1.82) is 0 Å². The van der Waals surface area contributed by atoms with E-state index in [1.807, 2.05) is 36.5 Å². The molecule has 0 spiro atoms. The second-order valence-corrected chi connectivity index (χ2v) is 10.2. The van der Waals surface area contributed by atoms with Gasteiger partial charge in [0.25, 0.3) is 5.91 Å². The van der Waals surface area contributed by atoms with Crippen molar-refractivity contribution in [2.75, 3.05) is 23.3 Å². The van der Waals surface area contributed by atoms with Crippen LogP contribution in [0.2, 0.25) is 0 Å². The summed E-state index contributed by atoms with van der Waals surface area (Å²) in [6.07, 6.45) is 6.31. The Hall–Kier alpha value is -4.51. The number of benzene rings is 1.